The van der Waals surface area contributed by atoms with Gasteiger partial charge < -0.3 is 19.7 Å². The monoisotopic (exact) mass is 319 g/mol. The van der Waals surface area contributed by atoms with Crippen LogP contribution in [-0.4, -0.2) is 60.7 Å². The van der Waals surface area contributed by atoms with Crippen molar-refractivity contribution in [2.24, 2.45) is 0 Å². The largest absolute Gasteiger partial charge is 0.479 e. The molecular formula is C16H21N3O4. The summed E-state index contributed by atoms with van der Waals surface area (Å²) in [6.07, 6.45) is 3.66. The Morgan fingerprint density at radius 2 is 2.09 bits per heavy atom. The van der Waals surface area contributed by atoms with E-state index in [9.17, 15) is 9.59 Å². The van der Waals surface area contributed by atoms with Crippen molar-refractivity contribution in [1.29, 1.82) is 0 Å². The van der Waals surface area contributed by atoms with Crippen LogP contribution >= 0.6 is 0 Å². The van der Waals surface area contributed by atoms with Gasteiger partial charge in [-0.2, -0.15) is 0 Å². The average Bonchev–Trinajstić information content (AvgIpc) is 2.96. The smallest absolute Gasteiger partial charge is 0.356 e. The van der Waals surface area contributed by atoms with E-state index >= 15 is 0 Å². The Labute approximate surface area is 135 Å². The zero-order valence-electron chi connectivity index (χ0n) is 13.2. The average molecular weight is 319 g/mol. The predicted molar refractivity (Wildman–Crippen MR) is 82.2 cm³/mol. The molecule has 1 atom stereocenters. The summed E-state index contributed by atoms with van der Waals surface area (Å²) >= 11 is 0. The van der Waals surface area contributed by atoms with Gasteiger partial charge in [0.05, 0.1) is 13.3 Å². The van der Waals surface area contributed by atoms with Crippen LogP contribution in [0.3, 0.4) is 0 Å². The number of piperidine rings is 1. The molecule has 1 aromatic rings. The molecule has 0 bridgehead atoms. The molecule has 2 saturated heterocycles. The molecule has 124 valence electrons. The zero-order valence-corrected chi connectivity index (χ0v) is 13.2. The standard InChI is InChI=1S/C16H21N3O4/c1-22-16(21)13-3-2-12(10-18-13)23-14-6-9-19(15(14)20)11-4-7-17-8-5-11/h2-3,10-11,14,17H,4-9H2,1H3. The summed E-state index contributed by atoms with van der Waals surface area (Å²) in [5.41, 5.74) is 0.217. The number of carbonyl (C=O) groups excluding carboxylic acids is 2. The molecule has 1 aromatic heterocycles. The van der Waals surface area contributed by atoms with E-state index in [1.54, 1.807) is 6.07 Å². The molecule has 2 aliphatic rings. The van der Waals surface area contributed by atoms with Crippen LogP contribution in [0.25, 0.3) is 0 Å². The molecule has 0 saturated carbocycles. The minimum atomic E-state index is -0.495. The number of aromatic nitrogens is 1. The van der Waals surface area contributed by atoms with Gasteiger partial charge >= 0.3 is 5.97 Å². The summed E-state index contributed by atoms with van der Waals surface area (Å²) in [4.78, 5) is 29.8. The predicted octanol–water partition coefficient (Wildman–Crippen LogP) is 0.600. The Kier molecular flexibility index (Phi) is 4.76. The van der Waals surface area contributed by atoms with Crippen molar-refractivity contribution >= 4 is 11.9 Å². The van der Waals surface area contributed by atoms with Crippen LogP contribution in [0.1, 0.15) is 29.8 Å². The number of hydrogen-bond acceptors (Lipinski definition) is 6. The first-order valence-electron chi connectivity index (χ1n) is 7.91. The number of rotatable bonds is 4. The molecule has 2 fully saturated rings. The fourth-order valence-electron chi connectivity index (χ4n) is 3.10. The molecule has 3 heterocycles. The van der Waals surface area contributed by atoms with Gasteiger partial charge in [-0.15, -0.1) is 0 Å². The fraction of sp³-hybridized carbons (Fsp3) is 0.562. The Bertz CT molecular complexity index is 569. The first-order valence-corrected chi connectivity index (χ1v) is 7.91. The van der Waals surface area contributed by atoms with E-state index in [1.165, 1.54) is 19.4 Å². The molecule has 0 spiro atoms. The third-order valence-electron chi connectivity index (χ3n) is 4.35. The third kappa shape index (κ3) is 3.44. The summed E-state index contributed by atoms with van der Waals surface area (Å²) < 4.78 is 10.4. The molecule has 3 rings (SSSR count). The van der Waals surface area contributed by atoms with Crippen molar-refractivity contribution in [3.8, 4) is 5.75 Å². The molecule has 2 aliphatic heterocycles. The van der Waals surface area contributed by atoms with Crippen LogP contribution in [0.4, 0.5) is 0 Å². The van der Waals surface area contributed by atoms with E-state index in [4.69, 9.17) is 4.74 Å². The maximum atomic E-state index is 12.5. The number of carbonyl (C=O) groups is 2. The number of likely N-dealkylation sites (tertiary alicyclic amines) is 1. The Hall–Kier alpha value is -2.15. The van der Waals surface area contributed by atoms with E-state index in [2.05, 4.69) is 15.0 Å². The van der Waals surface area contributed by atoms with Gasteiger partial charge in [0.1, 0.15) is 11.4 Å². The maximum Gasteiger partial charge on any atom is 0.356 e. The van der Waals surface area contributed by atoms with E-state index < -0.39 is 12.1 Å². The van der Waals surface area contributed by atoms with Crippen LogP contribution < -0.4 is 10.1 Å². The number of esters is 1. The molecule has 23 heavy (non-hydrogen) atoms. The lowest BCUT2D eigenvalue weighted by Gasteiger charge is -2.31. The van der Waals surface area contributed by atoms with E-state index in [0.29, 0.717) is 18.2 Å². The topological polar surface area (TPSA) is 80.8 Å². The lowest BCUT2D eigenvalue weighted by atomic mass is 10.1. The number of methoxy groups -OCH3 is 1. The van der Waals surface area contributed by atoms with E-state index in [-0.39, 0.29) is 11.6 Å². The van der Waals surface area contributed by atoms with Gasteiger partial charge in [0, 0.05) is 19.0 Å². The molecule has 7 heteroatoms. The molecule has 1 N–H and O–H groups in total. The number of hydrogen-bond donors (Lipinski definition) is 1. The lowest BCUT2D eigenvalue weighted by molar-refractivity contribution is -0.135. The van der Waals surface area contributed by atoms with Crippen molar-refractivity contribution < 1.29 is 19.1 Å². The fourth-order valence-corrected chi connectivity index (χ4v) is 3.10. The van der Waals surface area contributed by atoms with Gasteiger partial charge in [0.2, 0.25) is 0 Å². The minimum Gasteiger partial charge on any atom is -0.479 e. The summed E-state index contributed by atoms with van der Waals surface area (Å²) in [5, 5.41) is 3.31. The van der Waals surface area contributed by atoms with Gasteiger partial charge in [0.25, 0.3) is 5.91 Å². The molecule has 0 aliphatic carbocycles. The summed E-state index contributed by atoms with van der Waals surface area (Å²) in [6, 6.07) is 3.49. The summed E-state index contributed by atoms with van der Waals surface area (Å²) in [5.74, 6) is 0.0442. The molecule has 1 unspecified atom stereocenters. The zero-order chi connectivity index (χ0) is 16.2. The van der Waals surface area contributed by atoms with Gasteiger partial charge in [-0.1, -0.05) is 0 Å². The summed E-state index contributed by atoms with van der Waals surface area (Å²) in [7, 11) is 1.31. The Morgan fingerprint density at radius 1 is 1.30 bits per heavy atom. The van der Waals surface area contributed by atoms with E-state index in [1.807, 2.05) is 4.90 Å². The van der Waals surface area contributed by atoms with Gasteiger partial charge in [0.15, 0.2) is 6.10 Å². The van der Waals surface area contributed by atoms with Crippen molar-refractivity contribution in [3.05, 3.63) is 24.0 Å². The molecule has 0 radical (unpaired) electrons. The number of nitrogens with one attached hydrogen (secondary N) is 1. The lowest BCUT2D eigenvalue weighted by Crippen LogP contribution is -2.45. The highest BCUT2D eigenvalue weighted by Crippen LogP contribution is 2.23. The Morgan fingerprint density at radius 3 is 2.74 bits per heavy atom. The van der Waals surface area contributed by atoms with Gasteiger partial charge in [-0.3, -0.25) is 4.79 Å². The number of pyridine rings is 1. The highest BCUT2D eigenvalue weighted by molar-refractivity contribution is 5.87. The highest BCUT2D eigenvalue weighted by Gasteiger charge is 2.37. The van der Waals surface area contributed by atoms with E-state index in [0.717, 1.165) is 32.5 Å². The molecule has 0 aromatic carbocycles. The van der Waals surface area contributed by atoms with Crippen LogP contribution in [0.5, 0.6) is 5.75 Å². The second-order valence-corrected chi connectivity index (χ2v) is 5.78. The molecule has 1 amide bonds. The minimum absolute atomic E-state index is 0.0499. The first kappa shape index (κ1) is 15.7. The summed E-state index contributed by atoms with van der Waals surface area (Å²) in [6.45, 7) is 2.65. The second-order valence-electron chi connectivity index (χ2n) is 5.78. The molecule has 7 nitrogen and oxygen atoms in total. The normalized spacial score (nSPS) is 22.2. The first-order chi connectivity index (χ1) is 11.2. The van der Waals surface area contributed by atoms with Crippen molar-refractivity contribution in [1.82, 2.24) is 15.2 Å². The van der Waals surface area contributed by atoms with Crippen molar-refractivity contribution in [2.45, 2.75) is 31.4 Å². The van der Waals surface area contributed by atoms with Crippen LogP contribution in [0.15, 0.2) is 18.3 Å². The van der Waals surface area contributed by atoms with Crippen LogP contribution in [0.2, 0.25) is 0 Å². The SMILES string of the molecule is COC(=O)c1ccc(OC2CCN(C3CCNCC3)C2=O)cn1. The van der Waals surface area contributed by atoms with Crippen LogP contribution in [0, 0.1) is 0 Å². The number of ether oxygens (including phenoxy) is 2. The van der Waals surface area contributed by atoms with Crippen molar-refractivity contribution in [3.63, 3.8) is 0 Å². The third-order valence-corrected chi connectivity index (χ3v) is 4.35. The van der Waals surface area contributed by atoms with Gasteiger partial charge in [-0.05, 0) is 38.1 Å². The van der Waals surface area contributed by atoms with Gasteiger partial charge in [-0.25, -0.2) is 9.78 Å². The second kappa shape index (κ2) is 6.95. The van der Waals surface area contributed by atoms with Crippen LogP contribution in [-0.2, 0) is 9.53 Å². The number of amides is 1. The number of nitrogens with zero attached hydrogens (tertiary/aromatic N) is 2. The quantitative estimate of drug-likeness (QED) is 0.819. The maximum absolute atomic E-state index is 12.5. The van der Waals surface area contributed by atoms with Crippen molar-refractivity contribution in [2.75, 3.05) is 26.7 Å². The Balaban J connectivity index is 1.60. The molecular weight excluding hydrogens is 298 g/mol. The highest BCUT2D eigenvalue weighted by atomic mass is 16.5.